The molecule has 0 aliphatic carbocycles. The van der Waals surface area contributed by atoms with E-state index >= 15 is 0 Å². The summed E-state index contributed by atoms with van der Waals surface area (Å²) in [5.74, 6) is -0.177. The molecule has 1 aromatic rings. The molecular formula is C9H13FN2. The molecule has 0 heterocycles. The first-order chi connectivity index (χ1) is 5.65. The molecule has 0 aromatic heterocycles. The fraction of sp³-hybridized carbons (Fsp3) is 0.333. The lowest BCUT2D eigenvalue weighted by molar-refractivity contribution is 0.618. The van der Waals surface area contributed by atoms with Crippen molar-refractivity contribution in [3.05, 3.63) is 29.6 Å². The van der Waals surface area contributed by atoms with E-state index in [1.165, 1.54) is 6.07 Å². The third-order valence-electron chi connectivity index (χ3n) is 1.86. The van der Waals surface area contributed by atoms with E-state index in [1.54, 1.807) is 19.1 Å². The van der Waals surface area contributed by atoms with Crippen molar-refractivity contribution in [2.24, 2.45) is 5.73 Å². The minimum atomic E-state index is -0.177. The summed E-state index contributed by atoms with van der Waals surface area (Å²) >= 11 is 0. The minimum Gasteiger partial charge on any atom is -0.362 e. The Bertz CT molecular complexity index is 273. The van der Waals surface area contributed by atoms with Gasteiger partial charge in [-0.15, -0.1) is 0 Å². The Balaban J connectivity index is 2.96. The highest BCUT2D eigenvalue weighted by molar-refractivity contribution is 5.47. The van der Waals surface area contributed by atoms with Gasteiger partial charge < -0.3 is 10.6 Å². The molecule has 2 nitrogen and oxygen atoms in total. The van der Waals surface area contributed by atoms with Gasteiger partial charge >= 0.3 is 0 Å². The van der Waals surface area contributed by atoms with Gasteiger partial charge in [-0.05, 0) is 30.7 Å². The Morgan fingerprint density at radius 2 is 2.17 bits per heavy atom. The number of benzene rings is 1. The smallest absolute Gasteiger partial charge is 0.126 e. The van der Waals surface area contributed by atoms with Crippen molar-refractivity contribution >= 4 is 5.69 Å². The Morgan fingerprint density at radius 3 is 2.67 bits per heavy atom. The van der Waals surface area contributed by atoms with E-state index < -0.39 is 0 Å². The van der Waals surface area contributed by atoms with Crippen LogP contribution in [-0.2, 0) is 0 Å². The average Bonchev–Trinajstić information content (AvgIpc) is 2.08. The molecule has 0 radical (unpaired) electrons. The van der Waals surface area contributed by atoms with Crippen LogP contribution in [0.1, 0.15) is 5.56 Å². The van der Waals surface area contributed by atoms with Gasteiger partial charge in [0, 0.05) is 12.7 Å². The Morgan fingerprint density at radius 1 is 1.50 bits per heavy atom. The van der Waals surface area contributed by atoms with Crippen LogP contribution in [0.3, 0.4) is 0 Å². The van der Waals surface area contributed by atoms with E-state index in [0.29, 0.717) is 12.2 Å². The molecule has 0 amide bonds. The van der Waals surface area contributed by atoms with Crippen LogP contribution in [0.15, 0.2) is 18.2 Å². The molecule has 12 heavy (non-hydrogen) atoms. The molecule has 0 unspecified atom stereocenters. The average molecular weight is 168 g/mol. The van der Waals surface area contributed by atoms with Crippen LogP contribution in [0.5, 0.6) is 0 Å². The van der Waals surface area contributed by atoms with Gasteiger partial charge in [-0.25, -0.2) is 4.39 Å². The molecule has 66 valence electrons. The Hall–Kier alpha value is -1.09. The lowest BCUT2D eigenvalue weighted by Gasteiger charge is -2.16. The number of hydrogen-bond acceptors (Lipinski definition) is 2. The maximum absolute atomic E-state index is 12.8. The molecule has 0 bridgehead atoms. The van der Waals surface area contributed by atoms with Crippen LogP contribution >= 0.6 is 0 Å². The number of rotatable bonds is 2. The fourth-order valence-electron chi connectivity index (χ4n) is 0.972. The van der Waals surface area contributed by atoms with Crippen LogP contribution in [0, 0.1) is 12.7 Å². The van der Waals surface area contributed by atoms with Crippen LogP contribution in [0.25, 0.3) is 0 Å². The predicted molar refractivity (Wildman–Crippen MR) is 48.6 cm³/mol. The number of aryl methyl sites for hydroxylation is 1. The lowest BCUT2D eigenvalue weighted by Crippen LogP contribution is -2.24. The minimum absolute atomic E-state index is 0.177. The van der Waals surface area contributed by atoms with E-state index in [1.807, 2.05) is 11.9 Å². The zero-order chi connectivity index (χ0) is 9.14. The van der Waals surface area contributed by atoms with Crippen LogP contribution in [0.2, 0.25) is 0 Å². The van der Waals surface area contributed by atoms with Crippen LogP contribution in [0.4, 0.5) is 10.1 Å². The predicted octanol–water partition coefficient (Wildman–Crippen LogP) is 1.49. The molecule has 0 saturated heterocycles. The number of hydrogen-bond donors (Lipinski definition) is 1. The van der Waals surface area contributed by atoms with Gasteiger partial charge in [0.25, 0.3) is 0 Å². The highest BCUT2D eigenvalue weighted by Gasteiger charge is 2.01. The SMILES string of the molecule is Cc1cc(N(C)CN)ccc1F. The molecule has 0 atom stereocenters. The summed E-state index contributed by atoms with van der Waals surface area (Å²) in [6.45, 7) is 2.17. The summed E-state index contributed by atoms with van der Waals surface area (Å²) in [7, 11) is 1.87. The quantitative estimate of drug-likeness (QED) is 0.678. The monoisotopic (exact) mass is 168 g/mol. The summed E-state index contributed by atoms with van der Waals surface area (Å²) in [6.07, 6.45) is 0. The van der Waals surface area contributed by atoms with Gasteiger partial charge in [-0.1, -0.05) is 0 Å². The molecule has 0 spiro atoms. The maximum atomic E-state index is 12.8. The third kappa shape index (κ3) is 1.74. The molecule has 1 rings (SSSR count). The topological polar surface area (TPSA) is 29.3 Å². The molecule has 2 N–H and O–H groups in total. The van der Waals surface area contributed by atoms with E-state index in [2.05, 4.69) is 0 Å². The van der Waals surface area contributed by atoms with E-state index in [4.69, 9.17) is 5.73 Å². The first-order valence-corrected chi connectivity index (χ1v) is 3.82. The number of nitrogens with two attached hydrogens (primary N) is 1. The number of anilines is 1. The molecule has 1 aromatic carbocycles. The normalized spacial score (nSPS) is 10.0. The van der Waals surface area contributed by atoms with Gasteiger partial charge in [0.2, 0.25) is 0 Å². The van der Waals surface area contributed by atoms with Crippen molar-refractivity contribution in [2.75, 3.05) is 18.6 Å². The lowest BCUT2D eigenvalue weighted by atomic mass is 10.2. The van der Waals surface area contributed by atoms with Crippen molar-refractivity contribution in [1.82, 2.24) is 0 Å². The summed E-state index contributed by atoms with van der Waals surface area (Å²) < 4.78 is 12.8. The first kappa shape index (κ1) is 9.00. The fourth-order valence-corrected chi connectivity index (χ4v) is 0.972. The van der Waals surface area contributed by atoms with Crippen molar-refractivity contribution in [3.63, 3.8) is 0 Å². The second-order valence-electron chi connectivity index (χ2n) is 2.81. The standard InChI is InChI=1S/C9H13FN2/c1-7-5-8(12(2)6-11)3-4-9(7)10/h3-5H,6,11H2,1-2H3. The summed E-state index contributed by atoms with van der Waals surface area (Å²) in [6, 6.07) is 4.95. The summed E-state index contributed by atoms with van der Waals surface area (Å²) in [5, 5.41) is 0. The molecule has 0 fully saturated rings. The number of halogens is 1. The van der Waals surface area contributed by atoms with Gasteiger partial charge in [0.15, 0.2) is 0 Å². The molecule has 0 saturated carbocycles. The molecule has 3 heteroatoms. The van der Waals surface area contributed by atoms with Crippen LogP contribution in [-0.4, -0.2) is 13.7 Å². The van der Waals surface area contributed by atoms with Crippen molar-refractivity contribution in [2.45, 2.75) is 6.92 Å². The number of nitrogens with zero attached hydrogens (tertiary/aromatic N) is 1. The third-order valence-corrected chi connectivity index (χ3v) is 1.86. The summed E-state index contributed by atoms with van der Waals surface area (Å²) in [5.41, 5.74) is 7.01. The zero-order valence-electron chi connectivity index (χ0n) is 7.34. The molecule has 0 aliphatic heterocycles. The van der Waals surface area contributed by atoms with Crippen molar-refractivity contribution in [3.8, 4) is 0 Å². The van der Waals surface area contributed by atoms with E-state index in [9.17, 15) is 4.39 Å². The van der Waals surface area contributed by atoms with Gasteiger partial charge in [0.05, 0.1) is 6.67 Å². The van der Waals surface area contributed by atoms with Gasteiger partial charge in [0.1, 0.15) is 5.82 Å². The molecular weight excluding hydrogens is 155 g/mol. The second-order valence-corrected chi connectivity index (χ2v) is 2.81. The van der Waals surface area contributed by atoms with E-state index in [-0.39, 0.29) is 5.82 Å². The highest BCUT2D eigenvalue weighted by Crippen LogP contribution is 2.15. The van der Waals surface area contributed by atoms with E-state index in [0.717, 1.165) is 5.69 Å². The zero-order valence-corrected chi connectivity index (χ0v) is 7.34. The highest BCUT2D eigenvalue weighted by atomic mass is 19.1. The first-order valence-electron chi connectivity index (χ1n) is 3.82. The van der Waals surface area contributed by atoms with Crippen molar-refractivity contribution < 1.29 is 4.39 Å². The largest absolute Gasteiger partial charge is 0.362 e. The van der Waals surface area contributed by atoms with Crippen molar-refractivity contribution in [1.29, 1.82) is 0 Å². The Kier molecular flexibility index (Phi) is 2.65. The van der Waals surface area contributed by atoms with Gasteiger partial charge in [-0.3, -0.25) is 0 Å². The maximum Gasteiger partial charge on any atom is 0.126 e. The van der Waals surface area contributed by atoms with Gasteiger partial charge in [-0.2, -0.15) is 0 Å². The van der Waals surface area contributed by atoms with Crippen LogP contribution < -0.4 is 10.6 Å². The summed E-state index contributed by atoms with van der Waals surface area (Å²) in [4.78, 5) is 1.85. The molecule has 0 aliphatic rings. The Labute approximate surface area is 71.8 Å². The second kappa shape index (κ2) is 3.54.